The minimum atomic E-state index is -0.534. The number of rotatable bonds is 3. The molecule has 0 radical (unpaired) electrons. The Morgan fingerprint density at radius 1 is 1.25 bits per heavy atom. The summed E-state index contributed by atoms with van der Waals surface area (Å²) < 4.78 is 6.89. The Kier molecular flexibility index (Phi) is 4.05. The summed E-state index contributed by atoms with van der Waals surface area (Å²) in [6, 6.07) is 9.90. The molecule has 0 aliphatic rings. The summed E-state index contributed by atoms with van der Waals surface area (Å²) in [6.07, 6.45) is 1.62. The highest BCUT2D eigenvalue weighted by molar-refractivity contribution is 14.1. The predicted octanol–water partition coefficient (Wildman–Crippen LogP) is 3.92. The van der Waals surface area contributed by atoms with Crippen LogP contribution >= 0.6 is 38.5 Å². The molecule has 0 aliphatic carbocycles. The Morgan fingerprint density at radius 3 is 2.50 bits per heavy atom. The van der Waals surface area contributed by atoms with Gasteiger partial charge in [0, 0.05) is 15.6 Å². The maximum atomic E-state index is 10.0. The fourth-order valence-corrected chi connectivity index (χ4v) is 2.36. The van der Waals surface area contributed by atoms with Crippen molar-refractivity contribution < 1.29 is 9.52 Å². The molecule has 4 heteroatoms. The predicted molar refractivity (Wildman–Crippen MR) is 74.2 cm³/mol. The zero-order chi connectivity index (χ0) is 11.5. The molecule has 1 N–H and O–H groups in total. The van der Waals surface area contributed by atoms with Crippen molar-refractivity contribution in [2.45, 2.75) is 12.5 Å². The Bertz CT molecular complexity index is 464. The van der Waals surface area contributed by atoms with E-state index in [9.17, 15) is 5.11 Å². The number of aliphatic hydroxyl groups is 1. The maximum Gasteiger partial charge on any atom is 0.174 e. The van der Waals surface area contributed by atoms with Crippen molar-refractivity contribution in [2.75, 3.05) is 0 Å². The summed E-state index contributed by atoms with van der Waals surface area (Å²) in [5.41, 5.74) is 1.90. The first-order valence-corrected chi connectivity index (χ1v) is 6.69. The first kappa shape index (κ1) is 12.1. The summed E-state index contributed by atoms with van der Waals surface area (Å²) in [5, 5.41) is 10.0. The topological polar surface area (TPSA) is 33.4 Å². The minimum Gasteiger partial charge on any atom is -0.457 e. The van der Waals surface area contributed by atoms with Crippen molar-refractivity contribution in [3.05, 3.63) is 56.0 Å². The van der Waals surface area contributed by atoms with Gasteiger partial charge in [0.25, 0.3) is 0 Å². The molecule has 16 heavy (non-hydrogen) atoms. The van der Waals surface area contributed by atoms with Crippen molar-refractivity contribution in [3.63, 3.8) is 0 Å². The van der Waals surface area contributed by atoms with Crippen molar-refractivity contribution in [3.8, 4) is 0 Å². The maximum absolute atomic E-state index is 10.0. The molecule has 0 saturated carbocycles. The monoisotopic (exact) mass is 392 g/mol. The van der Waals surface area contributed by atoms with Gasteiger partial charge in [0.15, 0.2) is 4.67 Å². The molecule has 2 nitrogen and oxygen atoms in total. The van der Waals surface area contributed by atoms with Crippen LogP contribution in [0, 0.1) is 3.57 Å². The van der Waals surface area contributed by atoms with Gasteiger partial charge in [-0.15, -0.1) is 0 Å². The molecular formula is C12H10BrIO2. The van der Waals surface area contributed by atoms with Crippen LogP contribution in [-0.2, 0) is 6.42 Å². The molecule has 0 bridgehead atoms. The van der Waals surface area contributed by atoms with Crippen molar-refractivity contribution >= 4 is 38.5 Å². The van der Waals surface area contributed by atoms with E-state index in [1.807, 2.05) is 24.3 Å². The highest BCUT2D eigenvalue weighted by atomic mass is 127. The summed E-state index contributed by atoms with van der Waals surface area (Å²) in [4.78, 5) is 0. The summed E-state index contributed by atoms with van der Waals surface area (Å²) in [5.74, 6) is 0. The fourth-order valence-electron chi connectivity index (χ4n) is 1.50. The molecule has 0 amide bonds. The van der Waals surface area contributed by atoms with Crippen LogP contribution in [0.15, 0.2) is 45.7 Å². The van der Waals surface area contributed by atoms with Crippen molar-refractivity contribution in [2.24, 2.45) is 0 Å². The average Bonchev–Trinajstić information content (AvgIpc) is 2.68. The van der Waals surface area contributed by atoms with E-state index in [0.29, 0.717) is 11.1 Å². The summed E-state index contributed by atoms with van der Waals surface area (Å²) >= 11 is 5.53. The second-order valence-electron chi connectivity index (χ2n) is 3.50. The van der Waals surface area contributed by atoms with Gasteiger partial charge in [0.1, 0.15) is 0 Å². The standard InChI is InChI=1S/C12H10BrIO2/c13-12-10(5-6-16-12)11(15)7-8-1-3-9(14)4-2-8/h1-6,11,15H,7H2. The number of aliphatic hydroxyl groups excluding tert-OH is 1. The first-order valence-electron chi connectivity index (χ1n) is 4.82. The normalized spacial score (nSPS) is 12.7. The third-order valence-corrected chi connectivity index (χ3v) is 3.71. The molecule has 1 unspecified atom stereocenters. The van der Waals surface area contributed by atoms with Crippen LogP contribution in [0.25, 0.3) is 0 Å². The lowest BCUT2D eigenvalue weighted by atomic mass is 10.0. The quantitative estimate of drug-likeness (QED) is 0.803. The van der Waals surface area contributed by atoms with Crippen LogP contribution in [0.1, 0.15) is 17.2 Å². The lowest BCUT2D eigenvalue weighted by molar-refractivity contribution is 0.176. The van der Waals surface area contributed by atoms with E-state index < -0.39 is 6.10 Å². The zero-order valence-corrected chi connectivity index (χ0v) is 12.1. The number of furan rings is 1. The third kappa shape index (κ3) is 2.87. The molecule has 1 atom stereocenters. The third-order valence-electron chi connectivity index (χ3n) is 2.35. The average molecular weight is 393 g/mol. The molecule has 2 rings (SSSR count). The molecule has 2 aromatic rings. The minimum absolute atomic E-state index is 0.534. The van der Waals surface area contributed by atoms with E-state index in [2.05, 4.69) is 38.5 Å². The fraction of sp³-hybridized carbons (Fsp3) is 0.167. The number of halogens is 2. The highest BCUT2D eigenvalue weighted by Crippen LogP contribution is 2.27. The molecule has 0 fully saturated rings. The number of hydrogen-bond donors (Lipinski definition) is 1. The second-order valence-corrected chi connectivity index (χ2v) is 5.46. The molecule has 0 spiro atoms. The van der Waals surface area contributed by atoms with Crippen LogP contribution in [-0.4, -0.2) is 5.11 Å². The first-order chi connectivity index (χ1) is 7.66. The summed E-state index contributed by atoms with van der Waals surface area (Å²) in [7, 11) is 0. The molecule has 0 saturated heterocycles. The Balaban J connectivity index is 2.10. The van der Waals surface area contributed by atoms with Gasteiger partial charge in [-0.05, 0) is 62.3 Å². The second kappa shape index (κ2) is 5.33. The van der Waals surface area contributed by atoms with Crippen LogP contribution in [0.2, 0.25) is 0 Å². The van der Waals surface area contributed by atoms with Gasteiger partial charge >= 0.3 is 0 Å². The van der Waals surface area contributed by atoms with Crippen LogP contribution in [0.3, 0.4) is 0 Å². The largest absolute Gasteiger partial charge is 0.457 e. The van der Waals surface area contributed by atoms with E-state index in [4.69, 9.17) is 4.42 Å². The van der Waals surface area contributed by atoms with E-state index in [-0.39, 0.29) is 0 Å². The molecule has 1 aromatic heterocycles. The number of benzene rings is 1. The van der Waals surface area contributed by atoms with Crippen LogP contribution in [0.4, 0.5) is 0 Å². The number of hydrogen-bond acceptors (Lipinski definition) is 2. The molecule has 0 aliphatic heterocycles. The zero-order valence-electron chi connectivity index (χ0n) is 8.36. The van der Waals surface area contributed by atoms with E-state index in [0.717, 1.165) is 11.1 Å². The van der Waals surface area contributed by atoms with Gasteiger partial charge < -0.3 is 9.52 Å². The van der Waals surface area contributed by atoms with Gasteiger partial charge in [-0.3, -0.25) is 0 Å². The smallest absolute Gasteiger partial charge is 0.174 e. The lowest BCUT2D eigenvalue weighted by Crippen LogP contribution is -2.01. The van der Waals surface area contributed by atoms with Crippen LogP contribution in [0.5, 0.6) is 0 Å². The Labute approximate surface area is 116 Å². The van der Waals surface area contributed by atoms with Gasteiger partial charge in [-0.25, -0.2) is 0 Å². The Hall–Kier alpha value is -0.330. The van der Waals surface area contributed by atoms with E-state index >= 15 is 0 Å². The molecule has 1 heterocycles. The molecule has 1 aromatic carbocycles. The van der Waals surface area contributed by atoms with Crippen LogP contribution < -0.4 is 0 Å². The SMILES string of the molecule is OC(Cc1ccc(I)cc1)c1ccoc1Br. The van der Waals surface area contributed by atoms with E-state index in [1.165, 1.54) is 3.57 Å². The van der Waals surface area contributed by atoms with Gasteiger partial charge in [-0.2, -0.15) is 0 Å². The van der Waals surface area contributed by atoms with E-state index in [1.54, 1.807) is 12.3 Å². The summed E-state index contributed by atoms with van der Waals surface area (Å²) in [6.45, 7) is 0. The van der Waals surface area contributed by atoms with Gasteiger partial charge in [0.05, 0.1) is 12.4 Å². The lowest BCUT2D eigenvalue weighted by Gasteiger charge is -2.09. The molecule has 84 valence electrons. The molecular weight excluding hydrogens is 383 g/mol. The highest BCUT2D eigenvalue weighted by Gasteiger charge is 2.14. The van der Waals surface area contributed by atoms with Gasteiger partial charge in [-0.1, -0.05) is 12.1 Å². The van der Waals surface area contributed by atoms with Gasteiger partial charge in [0.2, 0.25) is 0 Å². The Morgan fingerprint density at radius 2 is 1.94 bits per heavy atom. The van der Waals surface area contributed by atoms with Crippen molar-refractivity contribution in [1.82, 2.24) is 0 Å². The van der Waals surface area contributed by atoms with Crippen molar-refractivity contribution in [1.29, 1.82) is 0 Å².